The average molecular weight is 1160 g/mol. The summed E-state index contributed by atoms with van der Waals surface area (Å²) >= 11 is 12.4. The van der Waals surface area contributed by atoms with Gasteiger partial charge in [0.05, 0.1) is 40.8 Å². The zero-order valence-corrected chi connectivity index (χ0v) is 50.2. The Labute approximate surface area is 466 Å². The fraction of sp³-hybridized carbons (Fsp3) is 0.472. The van der Waals surface area contributed by atoms with E-state index >= 15 is 0 Å². The normalized spacial score (nSPS) is 16.8. The van der Waals surface area contributed by atoms with Crippen LogP contribution in [0, 0.1) is 0 Å². The highest BCUT2D eigenvalue weighted by Crippen LogP contribution is 2.32. The van der Waals surface area contributed by atoms with Crippen molar-refractivity contribution in [3.05, 3.63) is 82.4 Å². The molecule has 416 valence electrons. The Bertz CT molecular complexity index is 3620. The number of hydrogen-bond acceptors (Lipinski definition) is 13. The summed E-state index contributed by atoms with van der Waals surface area (Å²) in [6.45, 7) is 18.2. The van der Waals surface area contributed by atoms with Crippen molar-refractivity contribution in [1.29, 1.82) is 0 Å². The van der Waals surface area contributed by atoms with Gasteiger partial charge in [0.2, 0.25) is 10.0 Å². The molecule has 6 aromatic heterocycles. The van der Waals surface area contributed by atoms with E-state index in [4.69, 9.17) is 52.6 Å². The number of nitrogens with zero attached hydrogens (tertiary/aromatic N) is 11. The predicted octanol–water partition coefficient (Wildman–Crippen LogP) is 8.54. The second kappa shape index (κ2) is 23.6. The largest absolute Gasteiger partial charge is 0.361 e. The second-order valence-corrected chi connectivity index (χ2v) is 36.9. The number of halogens is 2. The van der Waals surface area contributed by atoms with E-state index in [0.717, 1.165) is 59.8 Å². The van der Waals surface area contributed by atoms with Gasteiger partial charge in [-0.1, -0.05) is 62.5 Å². The first-order valence-corrected chi connectivity index (χ1v) is 36.4. The topological polar surface area (TPSA) is 223 Å². The molecule has 2 atom stereocenters. The van der Waals surface area contributed by atoms with Crippen molar-refractivity contribution in [2.45, 2.75) is 103 Å². The van der Waals surface area contributed by atoms with E-state index in [-0.39, 0.29) is 37.2 Å². The van der Waals surface area contributed by atoms with Gasteiger partial charge >= 0.3 is 0 Å². The molecule has 0 spiro atoms. The van der Waals surface area contributed by atoms with Gasteiger partial charge in [0.15, 0.2) is 11.3 Å². The third-order valence-electron chi connectivity index (χ3n) is 14.0. The minimum absolute atomic E-state index is 0.0910. The molecule has 0 aliphatic carbocycles. The molecule has 3 N–H and O–H groups in total. The molecule has 2 aliphatic rings. The molecule has 8 aromatic rings. The maximum Gasteiger partial charge on any atom is 0.255 e. The van der Waals surface area contributed by atoms with Gasteiger partial charge in [-0.15, -0.1) is 0 Å². The molecule has 0 radical (unpaired) electrons. The van der Waals surface area contributed by atoms with Crippen LogP contribution >= 0.6 is 23.2 Å². The quantitative estimate of drug-likeness (QED) is 0.0575. The van der Waals surface area contributed by atoms with Crippen molar-refractivity contribution in [2.24, 2.45) is 14.1 Å². The number of ether oxygens (including phenoxy) is 2. The van der Waals surface area contributed by atoms with E-state index in [1.54, 1.807) is 38.6 Å². The number of sulfonamides is 1. The number of carbonyl (C=O) groups excluding carboxylic acids is 2. The second-order valence-electron chi connectivity index (χ2n) is 22.8. The maximum atomic E-state index is 13.6. The summed E-state index contributed by atoms with van der Waals surface area (Å²) in [5.41, 5.74) is 7.18. The minimum Gasteiger partial charge on any atom is -0.361 e. The smallest absolute Gasteiger partial charge is 0.255 e. The van der Waals surface area contributed by atoms with E-state index < -0.39 is 26.2 Å². The number of piperidine rings is 2. The van der Waals surface area contributed by atoms with Gasteiger partial charge in [0.1, 0.15) is 47.3 Å². The van der Waals surface area contributed by atoms with Crippen molar-refractivity contribution in [2.75, 3.05) is 45.6 Å². The monoisotopic (exact) mass is 1160 g/mol. The first-order valence-electron chi connectivity index (χ1n) is 26.4. The molecule has 78 heavy (non-hydrogen) atoms. The molecule has 0 bridgehead atoms. The standard InChI is InChI=1S/C27H36ClN7O4SSi.C26H34ClN7O2Si/c1-33-23-13-18(28)8-9-20(23)24(32-33)22-14-29-26-25(31-22)21(16-34(26)17-39-11-12-41(3,4)5)27(36)30-19-7-6-10-35(15-19)40(2,37)38;1-33-22-12-17(27)7-8-19(22)23(32-33)21-14-29-25-24(31-21)20(26(35)30-18-6-5-9-28-13-18)15-34(25)16-36-10-11-37(2,3)4/h8-9,13-14,16,19H,6-7,10-12,15,17H2,1-5H3,(H,30,36);7-8,12,14-15,18,28H,5-6,9-11,13,16H2,1-4H3,(H,30,35)/t19-;18-/m11/s1. The van der Waals surface area contributed by atoms with Crippen LogP contribution in [0.2, 0.25) is 61.4 Å². The molecule has 2 saturated heterocycles. The molecular weight excluding hydrogens is 1090 g/mol. The molecule has 2 fully saturated rings. The Hall–Kier alpha value is -5.64. The van der Waals surface area contributed by atoms with Crippen LogP contribution in [-0.2, 0) is 47.1 Å². The first-order chi connectivity index (χ1) is 37.0. The Morgan fingerprint density at radius 2 is 1.19 bits per heavy atom. The van der Waals surface area contributed by atoms with Gasteiger partial charge in [-0.05, 0) is 80.7 Å². The fourth-order valence-electron chi connectivity index (χ4n) is 9.65. The van der Waals surface area contributed by atoms with Crippen molar-refractivity contribution in [3.63, 3.8) is 0 Å². The number of benzene rings is 2. The highest BCUT2D eigenvalue weighted by atomic mass is 35.5. The average Bonchev–Trinajstić information content (AvgIpc) is 4.16. The number of nitrogens with one attached hydrogen (secondary N) is 3. The van der Waals surface area contributed by atoms with Crippen molar-refractivity contribution in [3.8, 4) is 22.8 Å². The zero-order chi connectivity index (χ0) is 55.7. The first kappa shape index (κ1) is 57.1. The Kier molecular flexibility index (Phi) is 17.3. The summed E-state index contributed by atoms with van der Waals surface area (Å²) in [6.07, 6.45) is 11.4. The van der Waals surface area contributed by atoms with E-state index in [9.17, 15) is 18.0 Å². The number of amides is 2. The third-order valence-corrected chi connectivity index (χ3v) is 19.2. The molecule has 2 aliphatic heterocycles. The summed E-state index contributed by atoms with van der Waals surface area (Å²) in [5, 5.41) is 22.0. The minimum atomic E-state index is -3.34. The lowest BCUT2D eigenvalue weighted by Crippen LogP contribution is -2.49. The van der Waals surface area contributed by atoms with Crippen LogP contribution in [0.3, 0.4) is 0 Å². The van der Waals surface area contributed by atoms with Crippen LogP contribution in [0.5, 0.6) is 0 Å². The molecule has 0 saturated carbocycles. The van der Waals surface area contributed by atoms with Crippen LogP contribution in [0.15, 0.2) is 61.2 Å². The number of aromatic nitrogens is 10. The summed E-state index contributed by atoms with van der Waals surface area (Å²) in [4.78, 5) is 46.3. The van der Waals surface area contributed by atoms with Gasteiger partial charge in [0, 0.05) is 108 Å². The zero-order valence-electron chi connectivity index (χ0n) is 45.9. The van der Waals surface area contributed by atoms with Crippen LogP contribution in [0.1, 0.15) is 46.4 Å². The van der Waals surface area contributed by atoms with Crippen molar-refractivity contribution in [1.82, 2.24) is 68.9 Å². The summed E-state index contributed by atoms with van der Waals surface area (Å²) in [6, 6.07) is 13.1. The summed E-state index contributed by atoms with van der Waals surface area (Å²) in [7, 11) is -2.10. The van der Waals surface area contributed by atoms with Crippen molar-refractivity contribution >= 4 is 105 Å². The number of rotatable bonds is 17. The van der Waals surface area contributed by atoms with E-state index in [2.05, 4.69) is 65.4 Å². The molecule has 25 heteroatoms. The van der Waals surface area contributed by atoms with E-state index in [1.165, 1.54) is 10.6 Å². The number of fused-ring (bicyclic) bond motifs is 4. The van der Waals surface area contributed by atoms with Gasteiger partial charge in [0.25, 0.3) is 11.8 Å². The van der Waals surface area contributed by atoms with Crippen LogP contribution in [0.4, 0.5) is 0 Å². The Morgan fingerprint density at radius 3 is 1.64 bits per heavy atom. The summed E-state index contributed by atoms with van der Waals surface area (Å²) in [5.74, 6) is -0.482. The van der Waals surface area contributed by atoms with Gasteiger partial charge < -0.3 is 34.6 Å². The number of carbonyl (C=O) groups is 2. The molecule has 2 aromatic carbocycles. The fourth-order valence-corrected chi connectivity index (χ4v) is 12.4. The SMILES string of the molecule is Cn1nc(-c2cnc3c(n2)c(C(=O)N[C@@H]2CCCN(S(C)(=O)=O)C2)cn3COCC[Si](C)(C)C)c2ccc(Cl)cc21.Cn1nc(-c2cnc3c(n2)c(C(=O)N[C@@H]2CCCNC2)cn3COCC[Si](C)(C)C)c2ccc(Cl)cc21. The lowest BCUT2D eigenvalue weighted by molar-refractivity contribution is 0.0882. The highest BCUT2D eigenvalue weighted by molar-refractivity contribution is 7.88. The van der Waals surface area contributed by atoms with Crippen molar-refractivity contribution < 1.29 is 27.5 Å². The molecule has 2 amide bonds. The molecule has 8 heterocycles. The van der Waals surface area contributed by atoms with Gasteiger partial charge in [-0.25, -0.2) is 32.7 Å². The van der Waals surface area contributed by atoms with Gasteiger partial charge in [-0.3, -0.25) is 19.0 Å². The highest BCUT2D eigenvalue weighted by Gasteiger charge is 2.30. The van der Waals surface area contributed by atoms with Gasteiger partial charge in [-0.2, -0.15) is 10.2 Å². The third kappa shape index (κ3) is 13.5. The number of aryl methyl sites for hydroxylation is 2. The van der Waals surface area contributed by atoms with E-state index in [0.29, 0.717) is 106 Å². The molecule has 0 unspecified atom stereocenters. The van der Waals surface area contributed by atoms with Crippen LogP contribution < -0.4 is 16.0 Å². The van der Waals surface area contributed by atoms with Crippen LogP contribution in [-0.4, -0.2) is 147 Å². The molecular formula is C53H70Cl2N14O6SSi2. The van der Waals surface area contributed by atoms with Crippen LogP contribution in [0.25, 0.3) is 66.9 Å². The summed E-state index contributed by atoms with van der Waals surface area (Å²) < 4.78 is 44.8. The lowest BCUT2D eigenvalue weighted by Gasteiger charge is -2.31. The Balaban J connectivity index is 0.000000191. The van der Waals surface area contributed by atoms with E-state index in [1.807, 2.05) is 55.2 Å². The predicted molar refractivity (Wildman–Crippen MR) is 313 cm³/mol. The molecule has 10 rings (SSSR count). The maximum absolute atomic E-state index is 13.6. The number of hydrogen-bond donors (Lipinski definition) is 3. The lowest BCUT2D eigenvalue weighted by atomic mass is 10.1. The Morgan fingerprint density at radius 1 is 0.718 bits per heavy atom. The molecule has 20 nitrogen and oxygen atoms in total.